The first kappa shape index (κ1) is 21.3. The molecule has 1 unspecified atom stereocenters. The first-order valence-electron chi connectivity index (χ1n) is 9.17. The Morgan fingerprint density at radius 2 is 1.80 bits per heavy atom. The van der Waals surface area contributed by atoms with Gasteiger partial charge in [-0.1, -0.05) is 30.0 Å². The highest BCUT2D eigenvalue weighted by Crippen LogP contribution is 2.37. The van der Waals surface area contributed by atoms with Gasteiger partial charge in [-0.05, 0) is 30.7 Å². The zero-order valence-electron chi connectivity index (χ0n) is 16.3. The molecule has 1 heterocycles. The highest BCUT2D eigenvalue weighted by molar-refractivity contribution is 5.94. The van der Waals surface area contributed by atoms with E-state index in [2.05, 4.69) is 16.6 Å². The van der Waals surface area contributed by atoms with E-state index in [-0.39, 0.29) is 31.6 Å². The maximum absolute atomic E-state index is 15.0. The summed E-state index contributed by atoms with van der Waals surface area (Å²) in [6, 6.07) is 9.88. The molecule has 1 atom stereocenters. The molecular formula is C22H20F2N2O4. The maximum atomic E-state index is 15.0. The van der Waals surface area contributed by atoms with E-state index in [4.69, 9.17) is 10.5 Å². The lowest BCUT2D eigenvalue weighted by atomic mass is 9.91. The van der Waals surface area contributed by atoms with Gasteiger partial charge in [0, 0.05) is 17.7 Å². The third-order valence-electron chi connectivity index (χ3n) is 4.84. The summed E-state index contributed by atoms with van der Waals surface area (Å²) in [5.74, 6) is 2.80. The maximum Gasteiger partial charge on any atom is 0.320 e. The van der Waals surface area contributed by atoms with Crippen molar-refractivity contribution in [3.63, 3.8) is 0 Å². The van der Waals surface area contributed by atoms with Gasteiger partial charge in [-0.15, -0.1) is 0 Å². The average Bonchev–Trinajstić information content (AvgIpc) is 3.18. The number of urea groups is 1. The van der Waals surface area contributed by atoms with Gasteiger partial charge in [-0.3, -0.25) is 9.69 Å². The number of hydrogen-bond acceptors (Lipinski definition) is 4. The van der Waals surface area contributed by atoms with Crippen LogP contribution in [0.5, 0.6) is 0 Å². The van der Waals surface area contributed by atoms with E-state index in [9.17, 15) is 18.4 Å². The summed E-state index contributed by atoms with van der Waals surface area (Å²) in [7, 11) is 1.18. The number of carbonyl (C=O) groups excluding carboxylic acids is 2. The molecule has 0 radical (unpaired) electrons. The van der Waals surface area contributed by atoms with Gasteiger partial charge in [0.25, 0.3) is 0 Å². The van der Waals surface area contributed by atoms with Crippen LogP contribution in [0.25, 0.3) is 0 Å². The number of hydrogen-bond donors (Lipinski definition) is 1. The average molecular weight is 414 g/mol. The number of amides is 2. The molecule has 8 heteroatoms. The van der Waals surface area contributed by atoms with Crippen molar-refractivity contribution in [3.05, 3.63) is 65.2 Å². The van der Waals surface area contributed by atoms with Crippen LogP contribution < -0.4 is 10.6 Å². The van der Waals surface area contributed by atoms with Crippen LogP contribution in [0.15, 0.2) is 42.5 Å². The molecule has 2 aromatic rings. The van der Waals surface area contributed by atoms with E-state index in [1.54, 1.807) is 24.3 Å². The molecule has 2 N–H and O–H groups in total. The van der Waals surface area contributed by atoms with Crippen molar-refractivity contribution in [2.45, 2.75) is 18.4 Å². The molecule has 3 rings (SSSR count). The lowest BCUT2D eigenvalue weighted by Gasteiger charge is -2.38. The summed E-state index contributed by atoms with van der Waals surface area (Å²) >= 11 is 0. The van der Waals surface area contributed by atoms with E-state index >= 15 is 0 Å². The Morgan fingerprint density at radius 3 is 2.33 bits per heavy atom. The summed E-state index contributed by atoms with van der Waals surface area (Å²) in [4.78, 5) is 24.9. The van der Waals surface area contributed by atoms with Crippen LogP contribution in [-0.4, -0.2) is 37.9 Å². The van der Waals surface area contributed by atoms with Crippen molar-refractivity contribution in [1.29, 1.82) is 0 Å². The number of methoxy groups -OCH3 is 1. The quantitative estimate of drug-likeness (QED) is 0.616. The highest BCUT2D eigenvalue weighted by atomic mass is 19.1. The van der Waals surface area contributed by atoms with E-state index < -0.39 is 34.9 Å². The number of anilines is 1. The largest absolute Gasteiger partial charge is 0.469 e. The van der Waals surface area contributed by atoms with Gasteiger partial charge in [-0.25, -0.2) is 13.6 Å². The minimum atomic E-state index is -1.35. The molecule has 6 nitrogen and oxygen atoms in total. The molecule has 0 bridgehead atoms. The summed E-state index contributed by atoms with van der Waals surface area (Å²) in [5.41, 5.74) is 4.25. The number of nitrogens with zero attached hydrogens (tertiary/aromatic N) is 1. The number of nitrogens with two attached hydrogens (primary N) is 1. The van der Waals surface area contributed by atoms with E-state index in [1.807, 2.05) is 6.07 Å². The predicted molar refractivity (Wildman–Crippen MR) is 106 cm³/mol. The first-order chi connectivity index (χ1) is 14.4. The Balaban J connectivity index is 2.02. The van der Waals surface area contributed by atoms with Gasteiger partial charge in [0.2, 0.25) is 0 Å². The van der Waals surface area contributed by atoms with Crippen LogP contribution in [0.4, 0.5) is 19.3 Å². The molecule has 1 aliphatic heterocycles. The molecule has 2 aromatic carbocycles. The van der Waals surface area contributed by atoms with Crippen LogP contribution >= 0.6 is 0 Å². The lowest BCUT2D eigenvalue weighted by molar-refractivity contribution is -0.142. The number of rotatable bonds is 4. The molecule has 156 valence electrons. The summed E-state index contributed by atoms with van der Waals surface area (Å²) < 4.78 is 40.0. The van der Waals surface area contributed by atoms with Gasteiger partial charge >= 0.3 is 12.0 Å². The van der Waals surface area contributed by atoms with Gasteiger partial charge in [0.15, 0.2) is 11.6 Å². The van der Waals surface area contributed by atoms with Gasteiger partial charge < -0.3 is 15.2 Å². The SMILES string of the molecule is COC(=O)CC1(N(C(N)=O)c2c(F)cc(C#Cc3ccccc3)cc2F)CCOC1. The second-order valence-corrected chi connectivity index (χ2v) is 6.86. The zero-order valence-corrected chi connectivity index (χ0v) is 16.3. The highest BCUT2D eigenvalue weighted by Gasteiger charge is 2.47. The van der Waals surface area contributed by atoms with Crippen LogP contribution in [-0.2, 0) is 14.3 Å². The fourth-order valence-electron chi connectivity index (χ4n) is 3.43. The number of primary amides is 1. The Labute approximate surface area is 172 Å². The number of halogens is 2. The number of benzene rings is 2. The number of esters is 1. The molecule has 2 amide bonds. The molecule has 30 heavy (non-hydrogen) atoms. The summed E-state index contributed by atoms with van der Waals surface area (Å²) in [6.07, 6.45) is -0.152. The number of ether oxygens (including phenoxy) is 2. The van der Waals surface area contributed by atoms with Gasteiger partial charge in [-0.2, -0.15) is 0 Å². The summed E-state index contributed by atoms with van der Waals surface area (Å²) in [6.45, 7) is 0.0874. The van der Waals surface area contributed by atoms with Gasteiger partial charge in [0.05, 0.1) is 25.7 Å². The Morgan fingerprint density at radius 1 is 1.17 bits per heavy atom. The second kappa shape index (κ2) is 8.93. The summed E-state index contributed by atoms with van der Waals surface area (Å²) in [5, 5.41) is 0. The van der Waals surface area contributed by atoms with Gasteiger partial charge in [0.1, 0.15) is 5.69 Å². The van der Waals surface area contributed by atoms with Crippen molar-refractivity contribution < 1.29 is 27.8 Å². The first-order valence-corrected chi connectivity index (χ1v) is 9.17. The van der Waals surface area contributed by atoms with Crippen molar-refractivity contribution in [2.75, 3.05) is 25.2 Å². The zero-order chi connectivity index (χ0) is 21.7. The Bertz CT molecular complexity index is 986. The smallest absolute Gasteiger partial charge is 0.320 e. The van der Waals surface area contributed by atoms with E-state index in [1.165, 1.54) is 7.11 Å². The van der Waals surface area contributed by atoms with Crippen molar-refractivity contribution in [3.8, 4) is 11.8 Å². The molecular weight excluding hydrogens is 394 g/mol. The minimum absolute atomic E-state index is 0.0895. The second-order valence-electron chi connectivity index (χ2n) is 6.86. The van der Waals surface area contributed by atoms with E-state index in [0.717, 1.165) is 17.0 Å². The number of carbonyl (C=O) groups is 2. The molecule has 0 aliphatic carbocycles. The fourth-order valence-corrected chi connectivity index (χ4v) is 3.43. The monoisotopic (exact) mass is 414 g/mol. The normalized spacial score (nSPS) is 17.7. The van der Waals surface area contributed by atoms with Crippen molar-refractivity contribution >= 4 is 17.7 Å². The van der Waals surface area contributed by atoms with Crippen LogP contribution in [0.2, 0.25) is 0 Å². The lowest BCUT2D eigenvalue weighted by Crippen LogP contribution is -2.56. The minimum Gasteiger partial charge on any atom is -0.469 e. The standard InChI is InChI=1S/C22H20F2N2O4/c1-29-19(27)13-22(9-10-30-14-22)26(21(25)28)20-17(23)11-16(12-18(20)24)8-7-15-5-3-2-4-6-15/h2-6,11-12H,9-10,13-14H2,1H3,(H2,25,28). The van der Waals surface area contributed by atoms with E-state index in [0.29, 0.717) is 5.56 Å². The molecule has 1 saturated heterocycles. The molecule has 1 aliphatic rings. The van der Waals surface area contributed by atoms with Crippen LogP contribution in [0.3, 0.4) is 0 Å². The Kier molecular flexibility index (Phi) is 6.33. The predicted octanol–water partition coefficient (Wildman–Crippen LogP) is 2.97. The molecule has 0 aromatic heterocycles. The van der Waals surface area contributed by atoms with Crippen LogP contribution in [0, 0.1) is 23.5 Å². The van der Waals surface area contributed by atoms with Crippen molar-refractivity contribution in [1.82, 2.24) is 0 Å². The molecule has 0 spiro atoms. The third-order valence-corrected chi connectivity index (χ3v) is 4.84. The molecule has 1 fully saturated rings. The molecule has 0 saturated carbocycles. The Hall–Kier alpha value is -3.44. The van der Waals surface area contributed by atoms with Crippen molar-refractivity contribution in [2.24, 2.45) is 5.73 Å². The third kappa shape index (κ3) is 4.42. The fraction of sp³-hybridized carbons (Fsp3) is 0.273. The van der Waals surface area contributed by atoms with Crippen LogP contribution in [0.1, 0.15) is 24.0 Å². The topological polar surface area (TPSA) is 81.9 Å².